The summed E-state index contributed by atoms with van der Waals surface area (Å²) >= 11 is 0. The molecule has 1 aliphatic rings. The predicted molar refractivity (Wildman–Crippen MR) is 43.7 cm³/mol. The Labute approximate surface area is 71.9 Å². The Morgan fingerprint density at radius 2 is 2.25 bits per heavy atom. The molecular weight excluding hydrogens is 158 g/mol. The highest BCUT2D eigenvalue weighted by atomic mass is 16.5. The van der Waals surface area contributed by atoms with Crippen LogP contribution in [-0.2, 0) is 4.74 Å². The molecule has 0 aliphatic heterocycles. The topological polar surface area (TPSA) is 58.6 Å². The lowest BCUT2D eigenvalue weighted by Gasteiger charge is -2.48. The highest BCUT2D eigenvalue weighted by Crippen LogP contribution is 2.40. The molecule has 12 heavy (non-hydrogen) atoms. The van der Waals surface area contributed by atoms with E-state index in [2.05, 4.69) is 10.1 Å². The summed E-state index contributed by atoms with van der Waals surface area (Å²) in [5.74, 6) is 0. The van der Waals surface area contributed by atoms with Crippen LogP contribution in [-0.4, -0.2) is 30.5 Å². The molecule has 0 aromatic heterocycles. The second kappa shape index (κ2) is 2.94. The summed E-state index contributed by atoms with van der Waals surface area (Å²) in [5.41, 5.74) is -0.228. The third-order valence-corrected chi connectivity index (χ3v) is 2.69. The fourth-order valence-electron chi connectivity index (χ4n) is 1.35. The predicted octanol–water partition coefficient (Wildman–Crippen LogP) is 0.502. The first kappa shape index (κ1) is 9.32. The Balaban J connectivity index is 2.42. The molecule has 1 rings (SSSR count). The normalized spacial score (nSPS) is 32.0. The zero-order valence-corrected chi connectivity index (χ0v) is 7.63. The fourth-order valence-corrected chi connectivity index (χ4v) is 1.35. The molecule has 2 atom stereocenters. The molecule has 1 saturated carbocycles. The third kappa shape index (κ3) is 1.39. The van der Waals surface area contributed by atoms with Gasteiger partial charge in [0.1, 0.15) is 0 Å². The monoisotopic (exact) mass is 173 g/mol. The van der Waals surface area contributed by atoms with Crippen LogP contribution in [0.5, 0.6) is 0 Å². The highest BCUT2D eigenvalue weighted by molar-refractivity contribution is 5.67. The van der Waals surface area contributed by atoms with Crippen molar-refractivity contribution in [2.24, 2.45) is 5.41 Å². The lowest BCUT2D eigenvalue weighted by Crippen LogP contribution is -2.61. The number of aliphatic hydroxyl groups is 1. The molecule has 0 aromatic carbocycles. The number of aliphatic hydroxyl groups excluding tert-OH is 1. The maximum Gasteiger partial charge on any atom is 0.407 e. The summed E-state index contributed by atoms with van der Waals surface area (Å²) in [6.07, 6.45) is -0.137. The number of rotatable bonds is 1. The van der Waals surface area contributed by atoms with Gasteiger partial charge in [-0.15, -0.1) is 0 Å². The molecule has 0 spiro atoms. The molecule has 4 nitrogen and oxygen atoms in total. The van der Waals surface area contributed by atoms with Gasteiger partial charge in [-0.2, -0.15) is 0 Å². The van der Waals surface area contributed by atoms with E-state index in [0.717, 1.165) is 0 Å². The summed E-state index contributed by atoms with van der Waals surface area (Å²) in [4.78, 5) is 10.8. The lowest BCUT2D eigenvalue weighted by molar-refractivity contribution is -0.0701. The van der Waals surface area contributed by atoms with Crippen molar-refractivity contribution < 1.29 is 14.6 Å². The fraction of sp³-hybridized carbons (Fsp3) is 0.875. The largest absolute Gasteiger partial charge is 0.453 e. The molecule has 1 aliphatic carbocycles. The molecule has 0 saturated heterocycles. The van der Waals surface area contributed by atoms with Gasteiger partial charge in [-0.3, -0.25) is 0 Å². The lowest BCUT2D eigenvalue weighted by atomic mass is 9.65. The molecule has 0 bridgehead atoms. The van der Waals surface area contributed by atoms with Crippen molar-refractivity contribution in [2.45, 2.75) is 32.4 Å². The van der Waals surface area contributed by atoms with Crippen LogP contribution in [0.3, 0.4) is 0 Å². The third-order valence-electron chi connectivity index (χ3n) is 2.69. The van der Waals surface area contributed by atoms with Crippen molar-refractivity contribution in [3.8, 4) is 0 Å². The molecule has 1 amide bonds. The van der Waals surface area contributed by atoms with E-state index < -0.39 is 6.09 Å². The van der Waals surface area contributed by atoms with Crippen LogP contribution in [0.25, 0.3) is 0 Å². The zero-order valence-electron chi connectivity index (χ0n) is 7.63. The molecular formula is C8H15NO3. The average molecular weight is 173 g/mol. The standard InChI is InChI=1S/C8H15NO3/c1-8(2)5(4-6(8)10)9-7(11)12-3/h5-6,10H,4H2,1-3H3,(H,9,11). The number of hydrogen-bond donors (Lipinski definition) is 2. The van der Waals surface area contributed by atoms with Gasteiger partial charge in [0, 0.05) is 11.5 Å². The van der Waals surface area contributed by atoms with Crippen molar-refractivity contribution in [2.75, 3.05) is 7.11 Å². The van der Waals surface area contributed by atoms with Gasteiger partial charge in [-0.1, -0.05) is 13.8 Å². The SMILES string of the molecule is COC(=O)NC1CC(O)C1(C)C. The van der Waals surface area contributed by atoms with E-state index in [-0.39, 0.29) is 17.6 Å². The molecule has 2 unspecified atom stereocenters. The zero-order chi connectivity index (χ0) is 9.35. The van der Waals surface area contributed by atoms with E-state index in [0.29, 0.717) is 6.42 Å². The van der Waals surface area contributed by atoms with Gasteiger partial charge in [0.15, 0.2) is 0 Å². The summed E-state index contributed by atoms with van der Waals surface area (Å²) < 4.78 is 4.45. The number of alkyl carbamates (subject to hydrolysis) is 1. The van der Waals surface area contributed by atoms with E-state index in [1.165, 1.54) is 7.11 Å². The maximum absolute atomic E-state index is 10.8. The summed E-state index contributed by atoms with van der Waals surface area (Å²) in [6.45, 7) is 3.84. The van der Waals surface area contributed by atoms with E-state index in [1.807, 2.05) is 13.8 Å². The van der Waals surface area contributed by atoms with Gasteiger partial charge in [0.05, 0.1) is 13.2 Å². The minimum absolute atomic E-state index is 0.0277. The smallest absolute Gasteiger partial charge is 0.407 e. The Morgan fingerprint density at radius 3 is 2.58 bits per heavy atom. The van der Waals surface area contributed by atoms with Crippen molar-refractivity contribution in [3.05, 3.63) is 0 Å². The Hall–Kier alpha value is -0.770. The molecule has 0 aromatic rings. The first-order valence-electron chi connectivity index (χ1n) is 4.01. The minimum atomic E-state index is -0.431. The van der Waals surface area contributed by atoms with Crippen LogP contribution in [0.1, 0.15) is 20.3 Å². The molecule has 4 heteroatoms. The van der Waals surface area contributed by atoms with Crippen molar-refractivity contribution >= 4 is 6.09 Å². The van der Waals surface area contributed by atoms with Gasteiger partial charge >= 0.3 is 6.09 Å². The quantitative estimate of drug-likeness (QED) is 0.607. The maximum atomic E-state index is 10.8. The van der Waals surface area contributed by atoms with Crippen LogP contribution in [0.2, 0.25) is 0 Å². The van der Waals surface area contributed by atoms with E-state index in [1.54, 1.807) is 0 Å². The second-order valence-electron chi connectivity index (χ2n) is 3.76. The van der Waals surface area contributed by atoms with Crippen LogP contribution in [0, 0.1) is 5.41 Å². The first-order chi connectivity index (χ1) is 5.48. The van der Waals surface area contributed by atoms with Crippen molar-refractivity contribution in [1.82, 2.24) is 5.32 Å². The number of carbonyl (C=O) groups is 1. The Morgan fingerprint density at radius 1 is 1.67 bits per heavy atom. The van der Waals surface area contributed by atoms with Gasteiger partial charge in [-0.05, 0) is 6.42 Å². The van der Waals surface area contributed by atoms with E-state index in [4.69, 9.17) is 0 Å². The number of hydrogen-bond acceptors (Lipinski definition) is 3. The molecule has 0 radical (unpaired) electrons. The molecule has 1 fully saturated rings. The average Bonchev–Trinajstić information content (AvgIpc) is 2.03. The van der Waals surface area contributed by atoms with Crippen LogP contribution >= 0.6 is 0 Å². The van der Waals surface area contributed by atoms with Gasteiger partial charge in [-0.25, -0.2) is 4.79 Å². The van der Waals surface area contributed by atoms with Crippen LogP contribution in [0.15, 0.2) is 0 Å². The van der Waals surface area contributed by atoms with E-state index >= 15 is 0 Å². The number of nitrogens with one attached hydrogen (secondary N) is 1. The first-order valence-corrected chi connectivity index (χ1v) is 4.01. The highest BCUT2D eigenvalue weighted by Gasteiger charge is 2.48. The Kier molecular flexibility index (Phi) is 2.28. The van der Waals surface area contributed by atoms with Crippen LogP contribution in [0.4, 0.5) is 4.79 Å². The van der Waals surface area contributed by atoms with Crippen LogP contribution < -0.4 is 5.32 Å². The van der Waals surface area contributed by atoms with Gasteiger partial charge in [0.25, 0.3) is 0 Å². The summed E-state index contributed by atoms with van der Waals surface area (Å²) in [5, 5.41) is 12.0. The van der Waals surface area contributed by atoms with Crippen molar-refractivity contribution in [1.29, 1.82) is 0 Å². The molecule has 70 valence electrons. The number of carbonyl (C=O) groups excluding carboxylic acids is 1. The summed E-state index contributed by atoms with van der Waals surface area (Å²) in [6, 6.07) is 0.0277. The second-order valence-corrected chi connectivity index (χ2v) is 3.76. The van der Waals surface area contributed by atoms with Gasteiger partial charge < -0.3 is 15.2 Å². The Bertz CT molecular complexity index is 191. The minimum Gasteiger partial charge on any atom is -0.453 e. The van der Waals surface area contributed by atoms with Gasteiger partial charge in [0.2, 0.25) is 0 Å². The molecule has 0 heterocycles. The van der Waals surface area contributed by atoms with Crippen molar-refractivity contribution in [3.63, 3.8) is 0 Å². The number of amides is 1. The number of ether oxygens (including phenoxy) is 1. The number of methoxy groups -OCH3 is 1. The van der Waals surface area contributed by atoms with E-state index in [9.17, 15) is 9.90 Å². The molecule has 2 N–H and O–H groups in total. The summed E-state index contributed by atoms with van der Waals surface area (Å²) in [7, 11) is 1.33.